The summed E-state index contributed by atoms with van der Waals surface area (Å²) in [7, 11) is 0. The smallest absolute Gasteiger partial charge is 0.233 e. The molecule has 5 unspecified atom stereocenters. The number of rotatable bonds is 5. The fraction of sp³-hybridized carbons (Fsp3) is 0.706. The number of nitrogens with one attached hydrogen (secondary N) is 2. The molecule has 5 atom stereocenters. The van der Waals surface area contributed by atoms with Crippen molar-refractivity contribution in [1.82, 2.24) is 15.5 Å². The highest BCUT2D eigenvalue weighted by molar-refractivity contribution is 7.99. The molecule has 0 aromatic rings. The molecule has 2 N–H and O–H groups in total. The number of fused-ring (bicyclic) bond motifs is 5. The van der Waals surface area contributed by atoms with Crippen LogP contribution in [0.5, 0.6) is 0 Å². The van der Waals surface area contributed by atoms with Gasteiger partial charge in [-0.25, -0.2) is 0 Å². The lowest BCUT2D eigenvalue weighted by atomic mass is 9.85. The van der Waals surface area contributed by atoms with Crippen LogP contribution in [-0.4, -0.2) is 59.8 Å². The van der Waals surface area contributed by atoms with Crippen molar-refractivity contribution >= 4 is 29.5 Å². The molecule has 2 aliphatic heterocycles. The van der Waals surface area contributed by atoms with Crippen LogP contribution in [0.3, 0.4) is 0 Å². The van der Waals surface area contributed by atoms with E-state index in [9.17, 15) is 14.4 Å². The highest BCUT2D eigenvalue weighted by Crippen LogP contribution is 2.52. The number of carbonyl (C=O) groups excluding carboxylic acids is 3. The molecule has 7 heteroatoms. The molecule has 3 fully saturated rings. The van der Waals surface area contributed by atoms with E-state index in [-0.39, 0.29) is 47.4 Å². The van der Waals surface area contributed by atoms with Crippen molar-refractivity contribution in [1.29, 1.82) is 0 Å². The number of amides is 3. The van der Waals surface area contributed by atoms with Gasteiger partial charge >= 0.3 is 0 Å². The van der Waals surface area contributed by atoms with Gasteiger partial charge in [0.25, 0.3) is 0 Å². The van der Waals surface area contributed by atoms with E-state index in [2.05, 4.69) is 22.8 Å². The van der Waals surface area contributed by atoms with E-state index in [0.29, 0.717) is 19.5 Å². The van der Waals surface area contributed by atoms with Gasteiger partial charge in [-0.05, 0) is 18.3 Å². The number of hydrogen-bond donors (Lipinski definition) is 2. The summed E-state index contributed by atoms with van der Waals surface area (Å²) in [6.07, 6.45) is 5.59. The fourth-order valence-corrected chi connectivity index (χ4v) is 5.49. The van der Waals surface area contributed by atoms with Gasteiger partial charge in [-0.1, -0.05) is 12.2 Å². The van der Waals surface area contributed by atoms with Crippen LogP contribution >= 0.6 is 11.8 Å². The van der Waals surface area contributed by atoms with Gasteiger partial charge in [-0.2, -0.15) is 11.8 Å². The topological polar surface area (TPSA) is 78.5 Å². The first kappa shape index (κ1) is 16.1. The summed E-state index contributed by atoms with van der Waals surface area (Å²) >= 11 is 1.86. The van der Waals surface area contributed by atoms with Crippen molar-refractivity contribution in [3.05, 3.63) is 12.2 Å². The van der Waals surface area contributed by atoms with Gasteiger partial charge in [-0.15, -0.1) is 0 Å². The molecule has 6 nitrogen and oxygen atoms in total. The predicted octanol–water partition coefficient (Wildman–Crippen LogP) is 0.00480. The average molecular weight is 349 g/mol. The van der Waals surface area contributed by atoms with Crippen LogP contribution in [0.4, 0.5) is 0 Å². The zero-order chi connectivity index (χ0) is 16.7. The van der Waals surface area contributed by atoms with E-state index in [1.165, 1.54) is 4.90 Å². The maximum Gasteiger partial charge on any atom is 0.233 e. The molecule has 3 amide bonds. The Morgan fingerprint density at radius 1 is 1.25 bits per heavy atom. The summed E-state index contributed by atoms with van der Waals surface area (Å²) in [5.41, 5.74) is 0. The maximum absolute atomic E-state index is 12.5. The van der Waals surface area contributed by atoms with Crippen molar-refractivity contribution in [2.24, 2.45) is 23.7 Å². The average Bonchev–Trinajstić information content (AvgIpc) is 3.25. The summed E-state index contributed by atoms with van der Waals surface area (Å²) in [5, 5.41) is 6.18. The fourth-order valence-electron chi connectivity index (χ4n) is 4.54. The molecule has 0 aromatic carbocycles. The van der Waals surface area contributed by atoms with Crippen molar-refractivity contribution < 1.29 is 14.4 Å². The Balaban J connectivity index is 1.25. The van der Waals surface area contributed by atoms with Crippen LogP contribution in [0.1, 0.15) is 12.8 Å². The zero-order valence-corrected chi connectivity index (χ0v) is 14.4. The molecule has 2 saturated heterocycles. The van der Waals surface area contributed by atoms with Crippen molar-refractivity contribution in [3.8, 4) is 0 Å². The first-order valence-corrected chi connectivity index (χ1v) is 9.92. The van der Waals surface area contributed by atoms with E-state index in [0.717, 1.165) is 24.5 Å². The van der Waals surface area contributed by atoms with Gasteiger partial charge in [0.1, 0.15) is 0 Å². The van der Waals surface area contributed by atoms with E-state index in [1.54, 1.807) is 0 Å². The molecular weight excluding hydrogens is 326 g/mol. The molecule has 2 heterocycles. The molecule has 130 valence electrons. The normalized spacial score (nSPS) is 37.2. The monoisotopic (exact) mass is 349 g/mol. The van der Waals surface area contributed by atoms with Crippen molar-refractivity contribution in [2.75, 3.05) is 31.1 Å². The van der Waals surface area contributed by atoms with E-state index >= 15 is 0 Å². The lowest BCUT2D eigenvalue weighted by Crippen LogP contribution is -2.43. The first-order chi connectivity index (χ1) is 11.6. The minimum Gasteiger partial charge on any atom is -0.354 e. The highest BCUT2D eigenvalue weighted by atomic mass is 32.2. The second kappa shape index (κ2) is 6.52. The molecule has 2 aliphatic carbocycles. The Hall–Kier alpha value is -1.34. The summed E-state index contributed by atoms with van der Waals surface area (Å²) in [6.45, 7) is 1.58. The zero-order valence-electron chi connectivity index (χ0n) is 13.6. The number of imide groups is 1. The molecular formula is C17H23N3O3S. The molecule has 1 saturated carbocycles. The standard InChI is InChI=1S/C17H23N3O3S/c21-13(8-12-9-24-6-4-18-12)19-3-5-20-16(22)14-10-1-2-11(7-10)15(14)17(20)23/h1-2,10-12,14-15,18H,3-9H2,(H,19,21). The van der Waals surface area contributed by atoms with E-state index in [1.807, 2.05) is 11.8 Å². The predicted molar refractivity (Wildman–Crippen MR) is 91.2 cm³/mol. The van der Waals surface area contributed by atoms with Crippen LogP contribution in [0.2, 0.25) is 0 Å². The third kappa shape index (κ3) is 2.77. The van der Waals surface area contributed by atoms with Crippen LogP contribution in [0.25, 0.3) is 0 Å². The second-order valence-corrected chi connectivity index (χ2v) is 8.26. The van der Waals surface area contributed by atoms with Crippen LogP contribution < -0.4 is 10.6 Å². The van der Waals surface area contributed by atoms with Crippen LogP contribution in [-0.2, 0) is 14.4 Å². The lowest BCUT2D eigenvalue weighted by Gasteiger charge is -2.23. The number of allylic oxidation sites excluding steroid dienone is 2. The van der Waals surface area contributed by atoms with E-state index in [4.69, 9.17) is 0 Å². The van der Waals surface area contributed by atoms with Crippen LogP contribution in [0.15, 0.2) is 12.2 Å². The number of carbonyl (C=O) groups is 3. The Morgan fingerprint density at radius 2 is 1.96 bits per heavy atom. The summed E-state index contributed by atoms with van der Waals surface area (Å²) in [4.78, 5) is 38.4. The third-order valence-electron chi connectivity index (χ3n) is 5.65. The molecule has 0 aromatic heterocycles. The lowest BCUT2D eigenvalue weighted by molar-refractivity contribution is -0.141. The molecule has 4 aliphatic rings. The summed E-state index contributed by atoms with van der Waals surface area (Å²) in [5.74, 6) is 2.14. The largest absolute Gasteiger partial charge is 0.354 e. The minimum absolute atomic E-state index is 0.0176. The first-order valence-electron chi connectivity index (χ1n) is 8.76. The Kier molecular flexibility index (Phi) is 4.39. The molecule has 24 heavy (non-hydrogen) atoms. The van der Waals surface area contributed by atoms with Crippen molar-refractivity contribution in [3.63, 3.8) is 0 Å². The van der Waals surface area contributed by atoms with E-state index < -0.39 is 0 Å². The highest BCUT2D eigenvalue weighted by Gasteiger charge is 2.58. The number of nitrogens with zero attached hydrogens (tertiary/aromatic N) is 1. The molecule has 4 rings (SSSR count). The van der Waals surface area contributed by atoms with Gasteiger partial charge in [0.15, 0.2) is 0 Å². The number of likely N-dealkylation sites (tertiary alicyclic amines) is 1. The second-order valence-electron chi connectivity index (χ2n) is 7.11. The molecule has 0 spiro atoms. The van der Waals surface area contributed by atoms with Crippen LogP contribution in [0, 0.1) is 23.7 Å². The van der Waals surface area contributed by atoms with Gasteiger partial charge in [0, 0.05) is 43.6 Å². The molecule has 2 bridgehead atoms. The van der Waals surface area contributed by atoms with Gasteiger partial charge in [-0.3, -0.25) is 19.3 Å². The summed E-state index contributed by atoms with van der Waals surface area (Å²) in [6, 6.07) is 0.222. The number of thioether (sulfide) groups is 1. The SMILES string of the molecule is O=C(CC1CSCCN1)NCCN1C(=O)C2C3C=CC(C3)C2C1=O. The third-order valence-corrected chi connectivity index (χ3v) is 6.78. The van der Waals surface area contributed by atoms with Gasteiger partial charge in [0.05, 0.1) is 11.8 Å². The van der Waals surface area contributed by atoms with Gasteiger partial charge in [0.2, 0.25) is 17.7 Å². The van der Waals surface area contributed by atoms with Gasteiger partial charge < -0.3 is 10.6 Å². The Bertz CT molecular complexity index is 558. The Labute approximate surface area is 145 Å². The Morgan fingerprint density at radius 3 is 2.58 bits per heavy atom. The molecule has 0 radical (unpaired) electrons. The minimum atomic E-state index is -0.147. The quantitative estimate of drug-likeness (QED) is 0.540. The summed E-state index contributed by atoms with van der Waals surface area (Å²) < 4.78 is 0. The number of hydrogen-bond acceptors (Lipinski definition) is 5. The maximum atomic E-state index is 12.5. The van der Waals surface area contributed by atoms with Crippen molar-refractivity contribution in [2.45, 2.75) is 18.9 Å².